The van der Waals surface area contributed by atoms with E-state index in [1.54, 1.807) is 12.4 Å². The molecular weight excluding hydrogens is 394 g/mol. The predicted molar refractivity (Wildman–Crippen MR) is 118 cm³/mol. The number of hydrogen-bond donors (Lipinski definition) is 2. The minimum absolute atomic E-state index is 0.0306. The van der Waals surface area contributed by atoms with Crippen LogP contribution in [0.2, 0.25) is 0 Å². The van der Waals surface area contributed by atoms with E-state index in [0.29, 0.717) is 12.5 Å². The first-order valence-electron chi connectivity index (χ1n) is 10.5. The van der Waals surface area contributed by atoms with Gasteiger partial charge in [0.05, 0.1) is 30.8 Å². The van der Waals surface area contributed by atoms with Crippen molar-refractivity contribution in [3.05, 3.63) is 47.5 Å². The monoisotopic (exact) mass is 419 g/mol. The van der Waals surface area contributed by atoms with E-state index in [1.807, 2.05) is 32.0 Å². The number of rotatable bonds is 4. The number of aromatic nitrogens is 4. The van der Waals surface area contributed by atoms with Crippen LogP contribution in [0.15, 0.2) is 30.6 Å². The molecule has 0 radical (unpaired) electrons. The van der Waals surface area contributed by atoms with Crippen molar-refractivity contribution in [2.24, 2.45) is 0 Å². The Kier molecular flexibility index (Phi) is 5.03. The lowest BCUT2D eigenvalue weighted by molar-refractivity contribution is 0.0926. The van der Waals surface area contributed by atoms with Crippen LogP contribution in [0.5, 0.6) is 0 Å². The molecule has 0 unspecified atom stereocenters. The van der Waals surface area contributed by atoms with Crippen molar-refractivity contribution in [3.8, 4) is 11.3 Å². The van der Waals surface area contributed by atoms with Crippen molar-refractivity contribution in [1.82, 2.24) is 24.8 Å². The predicted octanol–water partition coefficient (Wildman–Crippen LogP) is 2.28. The third-order valence-corrected chi connectivity index (χ3v) is 5.85. The lowest BCUT2D eigenvalue weighted by Gasteiger charge is -2.27. The highest BCUT2D eigenvalue weighted by atomic mass is 16.5. The molecule has 3 aromatic heterocycles. The number of pyridine rings is 1. The van der Waals surface area contributed by atoms with E-state index in [-0.39, 0.29) is 5.91 Å². The molecule has 0 aliphatic carbocycles. The average Bonchev–Trinajstić information content (AvgIpc) is 3.06. The summed E-state index contributed by atoms with van der Waals surface area (Å²) in [6, 6.07) is 5.85. The van der Waals surface area contributed by atoms with Gasteiger partial charge in [-0.3, -0.25) is 4.79 Å². The maximum atomic E-state index is 12.4. The van der Waals surface area contributed by atoms with E-state index in [1.165, 1.54) is 0 Å². The molecule has 2 aliphatic heterocycles. The van der Waals surface area contributed by atoms with Crippen LogP contribution in [0, 0.1) is 13.8 Å². The molecule has 160 valence electrons. The van der Waals surface area contributed by atoms with Gasteiger partial charge < -0.3 is 24.8 Å². The number of nitrogens with zero attached hydrogens (tertiary/aromatic N) is 5. The molecule has 0 bridgehead atoms. The quantitative estimate of drug-likeness (QED) is 0.670. The number of carbonyl (C=O) groups excluding carboxylic acids is 1. The Morgan fingerprint density at radius 2 is 1.94 bits per heavy atom. The summed E-state index contributed by atoms with van der Waals surface area (Å²) in [5.74, 6) is 1.40. The van der Waals surface area contributed by atoms with E-state index in [0.717, 1.165) is 72.6 Å². The molecule has 2 N–H and O–H groups in total. The maximum absolute atomic E-state index is 12.4. The Morgan fingerprint density at radius 1 is 1.10 bits per heavy atom. The summed E-state index contributed by atoms with van der Waals surface area (Å²) in [6.45, 7) is 8.58. The fourth-order valence-electron chi connectivity index (χ4n) is 4.34. The molecule has 31 heavy (non-hydrogen) atoms. The summed E-state index contributed by atoms with van der Waals surface area (Å²) in [6.07, 6.45) is 3.52. The van der Waals surface area contributed by atoms with Crippen molar-refractivity contribution in [3.63, 3.8) is 0 Å². The van der Waals surface area contributed by atoms with Crippen LogP contribution >= 0.6 is 0 Å². The normalized spacial score (nSPS) is 16.1. The third kappa shape index (κ3) is 3.61. The Morgan fingerprint density at radius 3 is 2.68 bits per heavy atom. The van der Waals surface area contributed by atoms with Gasteiger partial charge in [0.1, 0.15) is 11.5 Å². The number of ether oxygens (including phenoxy) is 1. The zero-order valence-corrected chi connectivity index (χ0v) is 17.7. The molecule has 2 aliphatic rings. The topological polar surface area (TPSA) is 97.2 Å². The smallest absolute Gasteiger partial charge is 0.268 e. The number of nitrogens with one attached hydrogen (secondary N) is 2. The van der Waals surface area contributed by atoms with E-state index < -0.39 is 0 Å². The standard InChI is InChI=1S/C22H25N7O2/c1-14-19(15(2)29-8-7-23-21(30)20(14)29)17-5-6-24-22(27-17)26-16-3-4-18(25-13-16)28-9-11-31-12-10-28/h3-6,13H,7-12H2,1-2H3,(H,23,30)(H,24,26,27). The summed E-state index contributed by atoms with van der Waals surface area (Å²) in [4.78, 5) is 28.2. The Labute approximate surface area is 180 Å². The van der Waals surface area contributed by atoms with Crippen LogP contribution in [0.4, 0.5) is 17.5 Å². The number of carbonyl (C=O) groups is 1. The van der Waals surface area contributed by atoms with Crippen LogP contribution in [-0.2, 0) is 11.3 Å². The van der Waals surface area contributed by atoms with Crippen molar-refractivity contribution in [1.29, 1.82) is 0 Å². The highest BCUT2D eigenvalue weighted by Crippen LogP contribution is 2.32. The van der Waals surface area contributed by atoms with Gasteiger partial charge in [0.15, 0.2) is 0 Å². The van der Waals surface area contributed by atoms with Crippen LogP contribution in [0.25, 0.3) is 11.3 Å². The molecule has 1 fully saturated rings. The van der Waals surface area contributed by atoms with E-state index in [2.05, 4.69) is 30.1 Å². The second-order valence-electron chi connectivity index (χ2n) is 7.74. The van der Waals surface area contributed by atoms with Gasteiger partial charge in [-0.2, -0.15) is 0 Å². The highest BCUT2D eigenvalue weighted by molar-refractivity contribution is 5.97. The van der Waals surface area contributed by atoms with Gasteiger partial charge in [0, 0.05) is 43.6 Å². The molecule has 0 atom stereocenters. The fraction of sp³-hybridized carbons (Fsp3) is 0.364. The van der Waals surface area contributed by atoms with Crippen molar-refractivity contribution < 1.29 is 9.53 Å². The lowest BCUT2D eigenvalue weighted by atomic mass is 10.1. The summed E-state index contributed by atoms with van der Waals surface area (Å²) in [5.41, 5.74) is 5.30. The van der Waals surface area contributed by atoms with E-state index in [4.69, 9.17) is 9.72 Å². The molecule has 3 aromatic rings. The van der Waals surface area contributed by atoms with Crippen LogP contribution < -0.4 is 15.5 Å². The number of amides is 1. The minimum Gasteiger partial charge on any atom is -0.378 e. The van der Waals surface area contributed by atoms with Gasteiger partial charge in [0.2, 0.25) is 5.95 Å². The van der Waals surface area contributed by atoms with Crippen molar-refractivity contribution in [2.45, 2.75) is 20.4 Å². The molecule has 9 heteroatoms. The summed E-state index contributed by atoms with van der Waals surface area (Å²) in [7, 11) is 0. The molecular formula is C22H25N7O2. The van der Waals surface area contributed by atoms with Gasteiger partial charge in [-0.25, -0.2) is 15.0 Å². The SMILES string of the molecule is Cc1c(-c2ccnc(Nc3ccc(N4CCOCC4)nc3)n2)c(C)n2c1C(=O)NCC2. The molecule has 0 spiro atoms. The van der Waals surface area contributed by atoms with Gasteiger partial charge in [-0.15, -0.1) is 0 Å². The second-order valence-corrected chi connectivity index (χ2v) is 7.74. The first-order chi connectivity index (χ1) is 15.1. The Balaban J connectivity index is 1.40. The van der Waals surface area contributed by atoms with Crippen molar-refractivity contribution in [2.75, 3.05) is 43.1 Å². The molecule has 0 saturated carbocycles. The number of hydrogen-bond acceptors (Lipinski definition) is 7. The highest BCUT2D eigenvalue weighted by Gasteiger charge is 2.26. The first-order valence-corrected chi connectivity index (χ1v) is 10.5. The van der Waals surface area contributed by atoms with Crippen LogP contribution in [-0.4, -0.2) is 58.3 Å². The van der Waals surface area contributed by atoms with E-state index in [9.17, 15) is 4.79 Å². The molecule has 0 aromatic carbocycles. The van der Waals surface area contributed by atoms with Gasteiger partial charge in [-0.1, -0.05) is 0 Å². The van der Waals surface area contributed by atoms with Gasteiger partial charge in [-0.05, 0) is 37.6 Å². The fourth-order valence-corrected chi connectivity index (χ4v) is 4.34. The maximum Gasteiger partial charge on any atom is 0.268 e. The first kappa shape index (κ1) is 19.5. The molecule has 9 nitrogen and oxygen atoms in total. The third-order valence-electron chi connectivity index (χ3n) is 5.85. The summed E-state index contributed by atoms with van der Waals surface area (Å²) >= 11 is 0. The number of fused-ring (bicyclic) bond motifs is 1. The Bertz CT molecular complexity index is 1120. The largest absolute Gasteiger partial charge is 0.378 e. The zero-order valence-electron chi connectivity index (χ0n) is 17.7. The summed E-state index contributed by atoms with van der Waals surface area (Å²) in [5, 5.41) is 6.16. The van der Waals surface area contributed by atoms with E-state index >= 15 is 0 Å². The molecule has 1 saturated heterocycles. The second kappa shape index (κ2) is 7.99. The Hall–Kier alpha value is -3.46. The van der Waals surface area contributed by atoms with Crippen LogP contribution in [0.1, 0.15) is 21.7 Å². The molecule has 5 rings (SSSR count). The number of anilines is 3. The number of morpholine rings is 1. The lowest BCUT2D eigenvalue weighted by Crippen LogP contribution is -2.36. The average molecular weight is 419 g/mol. The minimum atomic E-state index is -0.0306. The zero-order chi connectivity index (χ0) is 21.4. The summed E-state index contributed by atoms with van der Waals surface area (Å²) < 4.78 is 7.48. The van der Waals surface area contributed by atoms with Gasteiger partial charge >= 0.3 is 0 Å². The van der Waals surface area contributed by atoms with Gasteiger partial charge in [0.25, 0.3) is 5.91 Å². The van der Waals surface area contributed by atoms with Crippen molar-refractivity contribution >= 4 is 23.4 Å². The van der Waals surface area contributed by atoms with Crippen LogP contribution in [0.3, 0.4) is 0 Å². The molecule has 5 heterocycles. The molecule has 1 amide bonds.